The Balaban J connectivity index is 0.00000218. The van der Waals surface area contributed by atoms with Crippen LogP contribution >= 0.6 is 12.4 Å². The molecule has 1 amide bonds. The Hall–Kier alpha value is -2.24. The third-order valence-electron chi connectivity index (χ3n) is 7.12. The molecule has 1 atom stereocenters. The molecule has 2 fully saturated rings. The van der Waals surface area contributed by atoms with Crippen molar-refractivity contribution in [2.75, 3.05) is 31.8 Å². The molecule has 1 N–H and O–H groups in total. The van der Waals surface area contributed by atoms with Gasteiger partial charge >= 0.3 is 0 Å². The summed E-state index contributed by atoms with van der Waals surface area (Å²) in [6.07, 6.45) is 5.20. The lowest BCUT2D eigenvalue weighted by Crippen LogP contribution is -2.57. The van der Waals surface area contributed by atoms with Gasteiger partial charge in [-0.1, -0.05) is 30.3 Å². The van der Waals surface area contributed by atoms with Crippen LogP contribution in [0.2, 0.25) is 0 Å². The first kappa shape index (κ1) is 21.0. The van der Waals surface area contributed by atoms with E-state index in [9.17, 15) is 4.79 Å². The predicted molar refractivity (Wildman–Crippen MR) is 121 cm³/mol. The van der Waals surface area contributed by atoms with E-state index >= 15 is 0 Å². The standard InChI is InChI=1S/C24H29N3O2.ClH/c1-29-22-12-6-9-19-20(22)10-5-11-21(19)26-15-13-24(14-16-26)23(28)25-17-27(24)18-7-3-2-4-8-18;/h2-4,6-9,12,21H,5,10-11,13-17H2,1H3,(H,25,28);1H. The summed E-state index contributed by atoms with van der Waals surface area (Å²) in [6.45, 7) is 2.49. The molecule has 5 nitrogen and oxygen atoms in total. The third-order valence-corrected chi connectivity index (χ3v) is 7.12. The van der Waals surface area contributed by atoms with Crippen molar-refractivity contribution in [1.29, 1.82) is 0 Å². The quantitative estimate of drug-likeness (QED) is 0.806. The van der Waals surface area contributed by atoms with Crippen LogP contribution in [0.1, 0.15) is 42.9 Å². The van der Waals surface area contributed by atoms with Crippen LogP contribution in [-0.2, 0) is 11.2 Å². The van der Waals surface area contributed by atoms with Crippen LogP contribution in [0.4, 0.5) is 5.69 Å². The Morgan fingerprint density at radius 1 is 1.07 bits per heavy atom. The van der Waals surface area contributed by atoms with Gasteiger partial charge in [0.15, 0.2) is 0 Å². The number of benzene rings is 2. The molecule has 6 heteroatoms. The van der Waals surface area contributed by atoms with E-state index in [1.165, 1.54) is 24.0 Å². The minimum Gasteiger partial charge on any atom is -0.496 e. The molecule has 3 aliphatic rings. The summed E-state index contributed by atoms with van der Waals surface area (Å²) >= 11 is 0. The molecule has 5 rings (SSSR count). The number of carbonyl (C=O) groups is 1. The van der Waals surface area contributed by atoms with Gasteiger partial charge in [0.2, 0.25) is 5.91 Å². The molecular weight excluding hydrogens is 398 g/mol. The Bertz CT molecular complexity index is 897. The predicted octanol–water partition coefficient (Wildman–Crippen LogP) is 3.92. The highest BCUT2D eigenvalue weighted by atomic mass is 35.5. The van der Waals surface area contributed by atoms with Gasteiger partial charge in [0.25, 0.3) is 0 Å². The largest absolute Gasteiger partial charge is 0.496 e. The summed E-state index contributed by atoms with van der Waals surface area (Å²) in [7, 11) is 1.76. The van der Waals surface area contributed by atoms with E-state index in [0.717, 1.165) is 43.8 Å². The molecule has 2 aromatic carbocycles. The highest BCUT2D eigenvalue weighted by molar-refractivity contribution is 5.93. The number of ether oxygens (including phenoxy) is 1. The van der Waals surface area contributed by atoms with Crippen LogP contribution in [0.25, 0.3) is 0 Å². The molecule has 1 aliphatic carbocycles. The maximum atomic E-state index is 12.9. The zero-order valence-electron chi connectivity index (χ0n) is 17.5. The maximum Gasteiger partial charge on any atom is 0.247 e. The average Bonchev–Trinajstić information content (AvgIpc) is 3.09. The minimum atomic E-state index is -0.413. The second-order valence-corrected chi connectivity index (χ2v) is 8.43. The first-order chi connectivity index (χ1) is 14.2. The third kappa shape index (κ3) is 3.34. The lowest BCUT2D eigenvalue weighted by molar-refractivity contribution is -0.125. The van der Waals surface area contributed by atoms with Crippen molar-refractivity contribution in [2.45, 2.75) is 43.7 Å². The number of halogens is 1. The number of methoxy groups -OCH3 is 1. The first-order valence-electron chi connectivity index (χ1n) is 10.7. The van der Waals surface area contributed by atoms with E-state index in [2.05, 4.69) is 45.4 Å². The number of hydrogen-bond donors (Lipinski definition) is 1. The number of rotatable bonds is 3. The minimum absolute atomic E-state index is 0. The van der Waals surface area contributed by atoms with Crippen LogP contribution in [0.3, 0.4) is 0 Å². The molecule has 160 valence electrons. The monoisotopic (exact) mass is 427 g/mol. The van der Waals surface area contributed by atoms with Gasteiger partial charge in [0, 0.05) is 24.8 Å². The van der Waals surface area contributed by atoms with Gasteiger partial charge in [-0.15, -0.1) is 12.4 Å². The fraction of sp³-hybridized carbons (Fsp3) is 0.458. The van der Waals surface area contributed by atoms with Crippen LogP contribution in [0, 0.1) is 0 Å². The normalized spacial score (nSPS) is 22.9. The van der Waals surface area contributed by atoms with E-state index in [4.69, 9.17) is 4.74 Å². The zero-order chi connectivity index (χ0) is 19.8. The van der Waals surface area contributed by atoms with Gasteiger partial charge in [-0.05, 0) is 61.4 Å². The van der Waals surface area contributed by atoms with Crippen molar-refractivity contribution in [3.8, 4) is 5.75 Å². The maximum absolute atomic E-state index is 12.9. The van der Waals surface area contributed by atoms with E-state index < -0.39 is 5.54 Å². The Morgan fingerprint density at radius 3 is 2.57 bits per heavy atom. The molecule has 2 aliphatic heterocycles. The van der Waals surface area contributed by atoms with E-state index in [1.54, 1.807) is 7.11 Å². The fourth-order valence-corrected chi connectivity index (χ4v) is 5.60. The molecule has 2 saturated heterocycles. The van der Waals surface area contributed by atoms with Crippen molar-refractivity contribution in [3.05, 3.63) is 59.7 Å². The molecule has 1 spiro atoms. The number of piperidine rings is 1. The second kappa shape index (κ2) is 8.48. The molecule has 1 unspecified atom stereocenters. The van der Waals surface area contributed by atoms with Gasteiger partial charge in [-0.3, -0.25) is 9.69 Å². The first-order valence-corrected chi connectivity index (χ1v) is 10.7. The molecule has 0 bridgehead atoms. The average molecular weight is 428 g/mol. The lowest BCUT2D eigenvalue weighted by atomic mass is 9.81. The zero-order valence-corrected chi connectivity index (χ0v) is 18.3. The van der Waals surface area contributed by atoms with Crippen LogP contribution in [0.15, 0.2) is 48.5 Å². The highest BCUT2D eigenvalue weighted by Crippen LogP contribution is 2.42. The Kier molecular flexibility index (Phi) is 5.94. The summed E-state index contributed by atoms with van der Waals surface area (Å²) in [6, 6.07) is 17.2. The van der Waals surface area contributed by atoms with E-state index in [-0.39, 0.29) is 18.3 Å². The number of para-hydroxylation sites is 1. The summed E-state index contributed by atoms with van der Waals surface area (Å²) in [5.74, 6) is 1.21. The molecule has 30 heavy (non-hydrogen) atoms. The highest BCUT2D eigenvalue weighted by Gasteiger charge is 2.51. The number of amides is 1. The van der Waals surface area contributed by atoms with Gasteiger partial charge in [0.05, 0.1) is 13.8 Å². The topological polar surface area (TPSA) is 44.8 Å². The van der Waals surface area contributed by atoms with Crippen LogP contribution in [-0.4, -0.2) is 43.2 Å². The molecule has 2 aromatic rings. The van der Waals surface area contributed by atoms with Gasteiger partial charge in [0.1, 0.15) is 11.3 Å². The van der Waals surface area contributed by atoms with Crippen LogP contribution in [0.5, 0.6) is 5.75 Å². The SMILES string of the molecule is COc1cccc2c1CCCC2N1CCC2(CC1)C(=O)NCN2c1ccccc1.Cl. The summed E-state index contributed by atoms with van der Waals surface area (Å²) in [4.78, 5) is 17.8. The van der Waals surface area contributed by atoms with Crippen molar-refractivity contribution >= 4 is 24.0 Å². The van der Waals surface area contributed by atoms with Crippen molar-refractivity contribution in [2.24, 2.45) is 0 Å². The van der Waals surface area contributed by atoms with Crippen molar-refractivity contribution in [1.82, 2.24) is 10.2 Å². The fourth-order valence-electron chi connectivity index (χ4n) is 5.60. The Labute approximate surface area is 184 Å². The van der Waals surface area contributed by atoms with Crippen LogP contribution < -0.4 is 15.0 Å². The molecular formula is C24H30ClN3O2. The van der Waals surface area contributed by atoms with Crippen molar-refractivity contribution < 1.29 is 9.53 Å². The Morgan fingerprint density at radius 2 is 1.83 bits per heavy atom. The number of carbonyl (C=O) groups excluding carboxylic acids is 1. The van der Waals surface area contributed by atoms with E-state index in [0.29, 0.717) is 12.7 Å². The number of anilines is 1. The lowest BCUT2D eigenvalue weighted by Gasteiger charge is -2.46. The summed E-state index contributed by atoms with van der Waals surface area (Å²) in [5.41, 5.74) is 3.51. The number of nitrogens with one attached hydrogen (secondary N) is 1. The van der Waals surface area contributed by atoms with Crippen molar-refractivity contribution in [3.63, 3.8) is 0 Å². The molecule has 2 heterocycles. The number of hydrogen-bond acceptors (Lipinski definition) is 4. The second-order valence-electron chi connectivity index (χ2n) is 8.43. The molecule has 0 aromatic heterocycles. The van der Waals surface area contributed by atoms with E-state index in [1.807, 2.05) is 18.2 Å². The smallest absolute Gasteiger partial charge is 0.247 e. The number of likely N-dealkylation sites (tertiary alicyclic amines) is 1. The van der Waals surface area contributed by atoms with Gasteiger partial charge < -0.3 is 15.0 Å². The van der Waals surface area contributed by atoms with Gasteiger partial charge in [-0.25, -0.2) is 0 Å². The number of nitrogens with zero attached hydrogens (tertiary/aromatic N) is 2. The molecule has 0 radical (unpaired) electrons. The summed E-state index contributed by atoms with van der Waals surface area (Å²) in [5, 5.41) is 3.11. The van der Waals surface area contributed by atoms with Gasteiger partial charge in [-0.2, -0.15) is 0 Å². The molecule has 0 saturated carbocycles. The summed E-state index contributed by atoms with van der Waals surface area (Å²) < 4.78 is 5.62. The number of fused-ring (bicyclic) bond motifs is 1.